The van der Waals surface area contributed by atoms with Crippen molar-refractivity contribution < 1.29 is 9.90 Å². The Morgan fingerprint density at radius 3 is 2.76 bits per heavy atom. The lowest BCUT2D eigenvalue weighted by atomic mass is 9.35. The van der Waals surface area contributed by atoms with Gasteiger partial charge in [-0.05, 0) is 44.4 Å². The Morgan fingerprint density at radius 1 is 1.48 bits per heavy atom. The minimum Gasteiger partial charge on any atom is -0.481 e. The molecule has 3 saturated carbocycles. The second-order valence-electron chi connectivity index (χ2n) is 6.39. The van der Waals surface area contributed by atoms with Gasteiger partial charge in [0, 0.05) is 12.0 Å². The number of carboxylic acid groups (broad SMARTS) is 1. The van der Waals surface area contributed by atoms with E-state index in [-0.39, 0.29) is 5.41 Å². The van der Waals surface area contributed by atoms with Crippen molar-refractivity contribution in [3.63, 3.8) is 0 Å². The smallest absolute Gasteiger partial charge is 0.309 e. The Hall–Kier alpha value is -2.35. The molecule has 5 heteroatoms. The van der Waals surface area contributed by atoms with E-state index >= 15 is 0 Å². The van der Waals surface area contributed by atoms with Crippen LogP contribution in [0.1, 0.15) is 37.6 Å². The zero-order valence-corrected chi connectivity index (χ0v) is 11.8. The van der Waals surface area contributed by atoms with E-state index in [9.17, 15) is 9.90 Å². The summed E-state index contributed by atoms with van der Waals surface area (Å²) in [5, 5.41) is 18.3. The van der Waals surface area contributed by atoms with Gasteiger partial charge in [-0.2, -0.15) is 5.26 Å². The summed E-state index contributed by atoms with van der Waals surface area (Å²) in [6.45, 7) is 2.84. The third kappa shape index (κ3) is 1.35. The van der Waals surface area contributed by atoms with Crippen LogP contribution in [0.4, 0.5) is 0 Å². The number of rotatable bonds is 3. The van der Waals surface area contributed by atoms with Gasteiger partial charge in [-0.1, -0.05) is 0 Å². The highest BCUT2D eigenvalue weighted by atomic mass is 16.4. The quantitative estimate of drug-likeness (QED) is 0.937. The standard InChI is InChI=1S/C16H15N3O2/c1-2-19-12-5-10(6-17)3-4-11(12)18-13(19)15-7-16(8-15,9-15)14(20)21/h3-5H,2,7-9H2,1H3,(H,20,21). The van der Waals surface area contributed by atoms with Crippen molar-refractivity contribution in [3.05, 3.63) is 29.6 Å². The molecule has 1 N–H and O–H groups in total. The fourth-order valence-electron chi connectivity index (χ4n) is 4.17. The molecule has 106 valence electrons. The molecule has 2 aromatic rings. The number of nitriles is 1. The zero-order valence-electron chi connectivity index (χ0n) is 11.8. The molecule has 0 saturated heterocycles. The normalized spacial score (nSPS) is 29.5. The van der Waals surface area contributed by atoms with Crippen LogP contribution in [0.15, 0.2) is 18.2 Å². The molecule has 3 fully saturated rings. The SMILES string of the molecule is CCn1c(C23CC(C(=O)O)(C2)C3)nc2ccc(C#N)cc21. The molecule has 1 heterocycles. The van der Waals surface area contributed by atoms with Crippen molar-refractivity contribution in [1.82, 2.24) is 9.55 Å². The first-order valence-corrected chi connectivity index (χ1v) is 7.18. The fraction of sp³-hybridized carbons (Fsp3) is 0.438. The van der Waals surface area contributed by atoms with E-state index in [1.54, 1.807) is 6.07 Å². The Labute approximate surface area is 121 Å². The lowest BCUT2D eigenvalue weighted by molar-refractivity contribution is -0.196. The highest BCUT2D eigenvalue weighted by Gasteiger charge is 2.74. The summed E-state index contributed by atoms with van der Waals surface area (Å²) < 4.78 is 2.14. The predicted octanol–water partition coefficient (Wildman–Crippen LogP) is 2.43. The van der Waals surface area contributed by atoms with E-state index in [2.05, 4.69) is 17.6 Å². The fourth-order valence-corrected chi connectivity index (χ4v) is 4.17. The molecule has 5 nitrogen and oxygen atoms in total. The number of hydrogen-bond donors (Lipinski definition) is 1. The van der Waals surface area contributed by atoms with Gasteiger partial charge in [-0.25, -0.2) is 4.98 Å². The van der Waals surface area contributed by atoms with Crippen LogP contribution in [0, 0.1) is 16.7 Å². The molecule has 1 aromatic carbocycles. The Balaban J connectivity index is 1.81. The van der Waals surface area contributed by atoms with Crippen molar-refractivity contribution in [3.8, 4) is 6.07 Å². The number of aryl methyl sites for hydroxylation is 1. The summed E-state index contributed by atoms with van der Waals surface area (Å²) in [5.41, 5.74) is 1.94. The molecule has 1 aromatic heterocycles. The highest BCUT2D eigenvalue weighted by Crippen LogP contribution is 2.73. The molecular weight excluding hydrogens is 266 g/mol. The van der Waals surface area contributed by atoms with Crippen LogP contribution in [-0.2, 0) is 16.8 Å². The number of fused-ring (bicyclic) bond motifs is 1. The second-order valence-corrected chi connectivity index (χ2v) is 6.39. The molecule has 5 rings (SSSR count). The summed E-state index contributed by atoms with van der Waals surface area (Å²) in [7, 11) is 0. The minimum absolute atomic E-state index is 0.0553. The number of carboxylic acids is 1. The van der Waals surface area contributed by atoms with E-state index in [1.807, 2.05) is 12.1 Å². The Morgan fingerprint density at radius 2 is 2.19 bits per heavy atom. The van der Waals surface area contributed by atoms with E-state index in [1.165, 1.54) is 0 Å². The molecule has 0 aliphatic heterocycles. The highest BCUT2D eigenvalue weighted by molar-refractivity contribution is 5.82. The summed E-state index contributed by atoms with van der Waals surface area (Å²) >= 11 is 0. The summed E-state index contributed by atoms with van der Waals surface area (Å²) in [6, 6.07) is 7.68. The zero-order chi connectivity index (χ0) is 14.8. The first kappa shape index (κ1) is 12.4. The monoisotopic (exact) mass is 281 g/mol. The van der Waals surface area contributed by atoms with Crippen LogP contribution in [0.2, 0.25) is 0 Å². The van der Waals surface area contributed by atoms with Gasteiger partial charge in [0.2, 0.25) is 0 Å². The largest absolute Gasteiger partial charge is 0.481 e. The molecule has 0 unspecified atom stereocenters. The lowest BCUT2D eigenvalue weighted by Crippen LogP contribution is -2.68. The maximum atomic E-state index is 11.3. The second kappa shape index (κ2) is 3.64. The number of hydrogen-bond acceptors (Lipinski definition) is 3. The van der Waals surface area contributed by atoms with Gasteiger partial charge in [0.1, 0.15) is 5.82 Å². The third-order valence-electron chi connectivity index (χ3n) is 5.15. The van der Waals surface area contributed by atoms with Crippen LogP contribution in [0.5, 0.6) is 0 Å². The van der Waals surface area contributed by atoms with Crippen molar-refractivity contribution >= 4 is 17.0 Å². The minimum atomic E-state index is -0.671. The van der Waals surface area contributed by atoms with E-state index in [4.69, 9.17) is 10.2 Å². The van der Waals surface area contributed by atoms with E-state index in [0.29, 0.717) is 24.8 Å². The number of aliphatic carboxylic acids is 1. The van der Waals surface area contributed by atoms with Gasteiger partial charge in [0.05, 0.1) is 28.1 Å². The first-order chi connectivity index (χ1) is 10.0. The molecular formula is C16H15N3O2. The van der Waals surface area contributed by atoms with Gasteiger partial charge in [0.15, 0.2) is 0 Å². The molecule has 2 bridgehead atoms. The predicted molar refractivity (Wildman–Crippen MR) is 75.7 cm³/mol. The summed E-state index contributed by atoms with van der Waals surface area (Å²) in [6.07, 6.45) is 2.09. The number of aromatic nitrogens is 2. The molecule has 0 amide bonds. The molecule has 3 aliphatic carbocycles. The number of imidazole rings is 1. The van der Waals surface area contributed by atoms with Gasteiger partial charge in [-0.3, -0.25) is 4.79 Å². The van der Waals surface area contributed by atoms with Crippen LogP contribution in [0.3, 0.4) is 0 Å². The van der Waals surface area contributed by atoms with E-state index < -0.39 is 11.4 Å². The van der Waals surface area contributed by atoms with Crippen molar-refractivity contribution in [2.24, 2.45) is 5.41 Å². The maximum Gasteiger partial charge on any atom is 0.309 e. The van der Waals surface area contributed by atoms with Gasteiger partial charge in [-0.15, -0.1) is 0 Å². The molecule has 0 radical (unpaired) electrons. The topological polar surface area (TPSA) is 78.9 Å². The van der Waals surface area contributed by atoms with Gasteiger partial charge < -0.3 is 9.67 Å². The molecule has 21 heavy (non-hydrogen) atoms. The van der Waals surface area contributed by atoms with Gasteiger partial charge in [0.25, 0.3) is 0 Å². The van der Waals surface area contributed by atoms with Crippen molar-refractivity contribution in [2.45, 2.75) is 38.1 Å². The van der Waals surface area contributed by atoms with Gasteiger partial charge >= 0.3 is 5.97 Å². The molecule has 3 aliphatic rings. The van der Waals surface area contributed by atoms with Crippen LogP contribution < -0.4 is 0 Å². The number of benzene rings is 1. The van der Waals surface area contributed by atoms with Crippen molar-refractivity contribution in [2.75, 3.05) is 0 Å². The van der Waals surface area contributed by atoms with Crippen LogP contribution in [-0.4, -0.2) is 20.6 Å². The van der Waals surface area contributed by atoms with Crippen LogP contribution in [0.25, 0.3) is 11.0 Å². The average molecular weight is 281 g/mol. The number of carbonyl (C=O) groups is 1. The van der Waals surface area contributed by atoms with Crippen molar-refractivity contribution in [1.29, 1.82) is 5.26 Å². The van der Waals surface area contributed by atoms with Crippen LogP contribution >= 0.6 is 0 Å². The van der Waals surface area contributed by atoms with E-state index in [0.717, 1.165) is 23.4 Å². The Bertz CT molecular complexity index is 808. The lowest BCUT2D eigenvalue weighted by Gasteiger charge is -2.67. The third-order valence-corrected chi connectivity index (χ3v) is 5.15. The molecule has 0 spiro atoms. The first-order valence-electron chi connectivity index (χ1n) is 7.18. The summed E-state index contributed by atoms with van der Waals surface area (Å²) in [5.74, 6) is 0.327. The molecule has 0 atom stereocenters. The maximum absolute atomic E-state index is 11.3. The number of nitrogens with zero attached hydrogens (tertiary/aromatic N) is 3. The summed E-state index contributed by atoms with van der Waals surface area (Å²) in [4.78, 5) is 16.0. The Kier molecular flexibility index (Phi) is 2.15. The average Bonchev–Trinajstić information content (AvgIpc) is 2.72.